The number of nitrogens with zero attached hydrogens (tertiary/aromatic N) is 1. The Bertz CT molecular complexity index is 912. The first-order valence-electron chi connectivity index (χ1n) is 13.1. The highest BCUT2D eigenvalue weighted by Crippen LogP contribution is 2.18. The molecule has 0 aliphatic heterocycles. The normalized spacial score (nSPS) is 11.8. The Balaban J connectivity index is 1.92. The Hall–Kier alpha value is -3.06. The van der Waals surface area contributed by atoms with E-state index >= 15 is 0 Å². The third-order valence-corrected chi connectivity index (χ3v) is 6.02. The number of urea groups is 1. The molecule has 7 heteroatoms. The lowest BCUT2D eigenvalue weighted by molar-refractivity contribution is -0.149. The highest BCUT2D eigenvalue weighted by atomic mass is 16.5. The summed E-state index contributed by atoms with van der Waals surface area (Å²) < 4.78 is 11.2. The van der Waals surface area contributed by atoms with Gasteiger partial charge in [0.05, 0.1) is 6.54 Å². The molecule has 1 unspecified atom stereocenters. The quantitative estimate of drug-likeness (QED) is 0.264. The lowest BCUT2D eigenvalue weighted by atomic mass is 10.0. The average molecular weight is 499 g/mol. The van der Waals surface area contributed by atoms with Gasteiger partial charge in [-0.25, -0.2) is 9.59 Å². The van der Waals surface area contributed by atoms with Crippen molar-refractivity contribution in [2.45, 2.75) is 71.8 Å². The number of carbonyl (C=O) groups is 2. The lowest BCUT2D eigenvalue weighted by Gasteiger charge is -2.23. The van der Waals surface area contributed by atoms with Gasteiger partial charge in [0.2, 0.25) is 0 Å². The number of carboxylic acids is 1. The first-order chi connectivity index (χ1) is 17.3. The fourth-order valence-electron chi connectivity index (χ4n) is 3.83. The third kappa shape index (κ3) is 10.3. The van der Waals surface area contributed by atoms with Crippen LogP contribution in [-0.4, -0.2) is 54.4 Å². The van der Waals surface area contributed by atoms with Crippen LogP contribution in [0.3, 0.4) is 0 Å². The molecule has 7 nitrogen and oxygen atoms in total. The van der Waals surface area contributed by atoms with Gasteiger partial charge in [0.15, 0.2) is 6.10 Å². The molecule has 2 amide bonds. The highest BCUT2D eigenvalue weighted by Gasteiger charge is 2.18. The van der Waals surface area contributed by atoms with Crippen molar-refractivity contribution in [3.8, 4) is 5.75 Å². The summed E-state index contributed by atoms with van der Waals surface area (Å²) in [6.07, 6.45) is 3.78. The van der Waals surface area contributed by atoms with Crippen molar-refractivity contribution in [1.82, 2.24) is 4.90 Å². The topological polar surface area (TPSA) is 88.1 Å². The van der Waals surface area contributed by atoms with Gasteiger partial charge in [-0.3, -0.25) is 0 Å². The van der Waals surface area contributed by atoms with Crippen LogP contribution in [0.4, 0.5) is 10.5 Å². The molecular weight excluding hydrogens is 456 g/mol. The molecule has 0 spiro atoms. The molecule has 2 aromatic rings. The number of nitrogens with one attached hydrogen (secondary N) is 1. The second kappa shape index (κ2) is 15.8. The molecule has 0 saturated heterocycles. The predicted octanol–water partition coefficient (Wildman–Crippen LogP) is 6.34. The number of hydrogen-bond donors (Lipinski definition) is 2. The van der Waals surface area contributed by atoms with Gasteiger partial charge in [-0.15, -0.1) is 0 Å². The smallest absolute Gasteiger partial charge is 0.333 e. The summed E-state index contributed by atoms with van der Waals surface area (Å²) in [7, 11) is 0. The number of amides is 2. The summed E-state index contributed by atoms with van der Waals surface area (Å²) in [4.78, 5) is 26.1. The summed E-state index contributed by atoms with van der Waals surface area (Å²) in [5.41, 5.74) is 2.88. The van der Waals surface area contributed by atoms with Gasteiger partial charge in [0.25, 0.3) is 0 Å². The molecule has 1 atom stereocenters. The summed E-state index contributed by atoms with van der Waals surface area (Å²) in [5, 5.41) is 12.3. The lowest BCUT2D eigenvalue weighted by Crippen LogP contribution is -2.38. The first kappa shape index (κ1) is 29.2. The maximum atomic E-state index is 13.0. The Morgan fingerprint density at radius 3 is 2.22 bits per heavy atom. The monoisotopic (exact) mass is 498 g/mol. The largest absolute Gasteiger partial charge is 0.492 e. The minimum absolute atomic E-state index is 0.127. The van der Waals surface area contributed by atoms with E-state index < -0.39 is 12.1 Å². The van der Waals surface area contributed by atoms with Crippen LogP contribution in [0.2, 0.25) is 0 Å². The molecule has 2 N–H and O–H groups in total. The molecule has 0 radical (unpaired) electrons. The van der Waals surface area contributed by atoms with Crippen molar-refractivity contribution in [3.63, 3.8) is 0 Å². The molecule has 0 saturated carbocycles. The molecule has 0 heterocycles. The SMILES string of the molecule is CCCCCCN(CCOc1ccc(CC(OCC)C(=O)O)cc1)C(=O)Nc1ccc(C(C)C)cc1. The molecule has 0 aliphatic rings. The van der Waals surface area contributed by atoms with E-state index in [2.05, 4.69) is 26.1 Å². The summed E-state index contributed by atoms with van der Waals surface area (Å²) in [6.45, 7) is 10.1. The Labute approximate surface area is 215 Å². The second-order valence-electron chi connectivity index (χ2n) is 9.23. The van der Waals surface area contributed by atoms with E-state index in [-0.39, 0.29) is 6.03 Å². The summed E-state index contributed by atoms with van der Waals surface area (Å²) in [5.74, 6) is 0.155. The molecule has 2 rings (SSSR count). The number of carboxylic acid groups (broad SMARTS) is 1. The summed E-state index contributed by atoms with van der Waals surface area (Å²) in [6, 6.07) is 15.2. The maximum Gasteiger partial charge on any atom is 0.333 e. The fraction of sp³-hybridized carbons (Fsp3) is 0.517. The van der Waals surface area contributed by atoms with Crippen molar-refractivity contribution in [2.24, 2.45) is 0 Å². The molecular formula is C29H42N2O5. The van der Waals surface area contributed by atoms with Crippen molar-refractivity contribution in [2.75, 3.05) is 31.6 Å². The average Bonchev–Trinajstić information content (AvgIpc) is 2.86. The Kier molecular flexibility index (Phi) is 12.8. The second-order valence-corrected chi connectivity index (χ2v) is 9.23. The van der Waals surface area contributed by atoms with Gasteiger partial charge >= 0.3 is 12.0 Å². The number of unbranched alkanes of at least 4 members (excludes halogenated alkanes) is 3. The minimum Gasteiger partial charge on any atom is -0.492 e. The van der Waals surface area contributed by atoms with Gasteiger partial charge in [-0.05, 0) is 54.7 Å². The van der Waals surface area contributed by atoms with E-state index in [4.69, 9.17) is 9.47 Å². The van der Waals surface area contributed by atoms with Gasteiger partial charge in [0, 0.05) is 25.3 Å². The maximum absolute atomic E-state index is 13.0. The van der Waals surface area contributed by atoms with Crippen LogP contribution in [0.25, 0.3) is 0 Å². The van der Waals surface area contributed by atoms with Gasteiger partial charge in [-0.1, -0.05) is 64.3 Å². The van der Waals surface area contributed by atoms with E-state index in [1.807, 2.05) is 48.5 Å². The standard InChI is InChI=1S/C29H42N2O5/c1-5-7-8-9-18-31(29(34)30-25-14-12-24(13-15-25)22(3)4)19-20-36-26-16-10-23(11-17-26)21-27(28(32)33)35-6-2/h10-17,22,27H,5-9,18-21H2,1-4H3,(H,30,34)(H,32,33). The molecule has 198 valence electrons. The molecule has 0 fully saturated rings. The molecule has 2 aromatic carbocycles. The zero-order valence-corrected chi connectivity index (χ0v) is 22.2. The number of anilines is 1. The number of benzene rings is 2. The van der Waals surface area contributed by atoms with Crippen LogP contribution >= 0.6 is 0 Å². The van der Waals surface area contributed by atoms with E-state index in [1.54, 1.807) is 11.8 Å². The number of rotatable bonds is 16. The van der Waals surface area contributed by atoms with Crippen LogP contribution in [0.5, 0.6) is 5.75 Å². The van der Waals surface area contributed by atoms with Crippen LogP contribution in [-0.2, 0) is 16.0 Å². The van der Waals surface area contributed by atoms with Crippen molar-refractivity contribution >= 4 is 17.7 Å². The Morgan fingerprint density at radius 2 is 1.64 bits per heavy atom. The van der Waals surface area contributed by atoms with E-state index in [9.17, 15) is 14.7 Å². The zero-order valence-electron chi connectivity index (χ0n) is 22.2. The number of carbonyl (C=O) groups excluding carboxylic acids is 1. The molecule has 36 heavy (non-hydrogen) atoms. The Morgan fingerprint density at radius 1 is 0.944 bits per heavy atom. The van der Waals surface area contributed by atoms with Gasteiger partial charge < -0.3 is 24.8 Å². The number of aliphatic carboxylic acids is 1. The summed E-state index contributed by atoms with van der Waals surface area (Å²) >= 11 is 0. The van der Waals surface area contributed by atoms with Gasteiger partial charge in [0.1, 0.15) is 12.4 Å². The van der Waals surface area contributed by atoms with Crippen LogP contribution in [0.1, 0.15) is 70.4 Å². The molecule has 0 aliphatic carbocycles. The van der Waals surface area contributed by atoms with Crippen LogP contribution in [0.15, 0.2) is 48.5 Å². The predicted molar refractivity (Wildman–Crippen MR) is 144 cm³/mol. The number of hydrogen-bond acceptors (Lipinski definition) is 4. The minimum atomic E-state index is -0.967. The van der Waals surface area contributed by atoms with Crippen LogP contribution in [0, 0.1) is 0 Å². The van der Waals surface area contributed by atoms with Crippen molar-refractivity contribution in [1.29, 1.82) is 0 Å². The van der Waals surface area contributed by atoms with E-state index in [0.717, 1.165) is 36.9 Å². The fourth-order valence-corrected chi connectivity index (χ4v) is 3.83. The first-order valence-corrected chi connectivity index (χ1v) is 13.1. The van der Waals surface area contributed by atoms with Crippen LogP contribution < -0.4 is 10.1 Å². The molecule has 0 aromatic heterocycles. The van der Waals surface area contributed by atoms with Crippen molar-refractivity contribution in [3.05, 3.63) is 59.7 Å². The molecule has 0 bridgehead atoms. The highest BCUT2D eigenvalue weighted by molar-refractivity contribution is 5.89. The zero-order chi connectivity index (χ0) is 26.3. The van der Waals surface area contributed by atoms with E-state index in [0.29, 0.717) is 44.4 Å². The number of ether oxygens (including phenoxy) is 2. The van der Waals surface area contributed by atoms with Gasteiger partial charge in [-0.2, -0.15) is 0 Å². The van der Waals surface area contributed by atoms with Crippen molar-refractivity contribution < 1.29 is 24.2 Å². The third-order valence-electron chi connectivity index (χ3n) is 6.02. The van der Waals surface area contributed by atoms with E-state index in [1.165, 1.54) is 5.56 Å².